The summed E-state index contributed by atoms with van der Waals surface area (Å²) in [5.74, 6) is -0.958. The van der Waals surface area contributed by atoms with E-state index in [2.05, 4.69) is 6.58 Å². The first-order chi connectivity index (χ1) is 10.8. The number of rotatable bonds is 18. The van der Waals surface area contributed by atoms with Gasteiger partial charge in [-0.15, -0.1) is 6.58 Å². The Morgan fingerprint density at radius 1 is 0.773 bits per heavy atom. The van der Waals surface area contributed by atoms with Crippen LogP contribution in [-0.4, -0.2) is 50.7 Å². The lowest BCUT2D eigenvalue weighted by Crippen LogP contribution is -2.13. The Kier molecular flexibility index (Phi) is 17.4. The van der Waals surface area contributed by atoms with E-state index < -0.39 is 5.97 Å². The minimum Gasteiger partial charge on any atom is -0.480 e. The van der Waals surface area contributed by atoms with Gasteiger partial charge in [0.25, 0.3) is 0 Å². The van der Waals surface area contributed by atoms with Crippen molar-refractivity contribution in [2.45, 2.75) is 51.4 Å². The molecule has 0 unspecified atom stereocenters. The highest BCUT2D eigenvalue weighted by Crippen LogP contribution is 2.08. The highest BCUT2D eigenvalue weighted by molar-refractivity contribution is 5.67. The second kappa shape index (κ2) is 18.1. The van der Waals surface area contributed by atoms with Gasteiger partial charge in [0, 0.05) is 6.61 Å². The van der Waals surface area contributed by atoms with Gasteiger partial charge in [0.1, 0.15) is 6.61 Å². The summed E-state index contributed by atoms with van der Waals surface area (Å²) in [5, 5.41) is 8.35. The summed E-state index contributed by atoms with van der Waals surface area (Å²) in [6.45, 7) is 6.06. The molecule has 0 amide bonds. The highest BCUT2D eigenvalue weighted by Gasteiger charge is 1.96. The van der Waals surface area contributed by atoms with E-state index in [0.29, 0.717) is 26.4 Å². The van der Waals surface area contributed by atoms with Crippen molar-refractivity contribution in [2.75, 3.05) is 39.6 Å². The second-order valence-electron chi connectivity index (χ2n) is 5.22. The molecule has 0 atom stereocenters. The zero-order chi connectivity index (χ0) is 16.3. The summed E-state index contributed by atoms with van der Waals surface area (Å²) in [5.41, 5.74) is 0. The number of ether oxygens (including phenoxy) is 3. The lowest BCUT2D eigenvalue weighted by molar-refractivity contribution is -0.142. The van der Waals surface area contributed by atoms with Gasteiger partial charge in [0.05, 0.1) is 26.4 Å². The largest absolute Gasteiger partial charge is 0.480 e. The fourth-order valence-corrected chi connectivity index (χ4v) is 1.98. The molecular formula is C17H32O5. The number of hydrogen-bond acceptors (Lipinski definition) is 4. The first kappa shape index (κ1) is 21.1. The molecule has 0 spiro atoms. The smallest absolute Gasteiger partial charge is 0.329 e. The van der Waals surface area contributed by atoms with Crippen LogP contribution in [0.1, 0.15) is 51.4 Å². The van der Waals surface area contributed by atoms with Crippen LogP contribution in [0.2, 0.25) is 0 Å². The molecule has 1 N–H and O–H groups in total. The molecule has 0 aromatic heterocycles. The molecule has 0 saturated heterocycles. The standard InChI is InChI=1S/C17H32O5/c1-2-3-4-5-6-7-8-9-10-11-20-12-13-21-14-15-22-16-17(18)19/h2H,1,3-16H2,(H,18,19). The van der Waals surface area contributed by atoms with E-state index in [9.17, 15) is 4.79 Å². The zero-order valence-corrected chi connectivity index (χ0v) is 13.8. The van der Waals surface area contributed by atoms with Crippen LogP contribution in [0.15, 0.2) is 12.7 Å². The van der Waals surface area contributed by atoms with Crippen LogP contribution in [-0.2, 0) is 19.0 Å². The maximum absolute atomic E-state index is 10.2. The Morgan fingerprint density at radius 2 is 1.27 bits per heavy atom. The number of hydrogen-bond donors (Lipinski definition) is 1. The maximum atomic E-state index is 10.2. The molecule has 130 valence electrons. The third-order valence-corrected chi connectivity index (χ3v) is 3.17. The minimum atomic E-state index is -0.958. The van der Waals surface area contributed by atoms with Gasteiger partial charge in [-0.25, -0.2) is 4.79 Å². The predicted octanol–water partition coefficient (Wildman–Crippen LogP) is 3.43. The van der Waals surface area contributed by atoms with Crippen LogP contribution < -0.4 is 0 Å². The first-order valence-corrected chi connectivity index (χ1v) is 8.33. The molecule has 0 aliphatic rings. The molecular weight excluding hydrogens is 284 g/mol. The van der Waals surface area contributed by atoms with E-state index >= 15 is 0 Å². The van der Waals surface area contributed by atoms with Gasteiger partial charge in [-0.3, -0.25) is 0 Å². The van der Waals surface area contributed by atoms with E-state index in [0.717, 1.165) is 19.4 Å². The lowest BCUT2D eigenvalue weighted by atomic mass is 10.1. The Labute approximate surface area is 134 Å². The first-order valence-electron chi connectivity index (χ1n) is 8.33. The van der Waals surface area contributed by atoms with Crippen LogP contribution >= 0.6 is 0 Å². The van der Waals surface area contributed by atoms with Crippen molar-refractivity contribution in [3.63, 3.8) is 0 Å². The number of unbranched alkanes of at least 4 members (excludes halogenated alkanes) is 7. The van der Waals surface area contributed by atoms with Crippen molar-refractivity contribution in [2.24, 2.45) is 0 Å². The van der Waals surface area contributed by atoms with Gasteiger partial charge < -0.3 is 19.3 Å². The number of carboxylic acid groups (broad SMARTS) is 1. The number of aliphatic carboxylic acids is 1. The molecule has 0 aliphatic carbocycles. The fourth-order valence-electron chi connectivity index (χ4n) is 1.98. The summed E-state index contributed by atoms with van der Waals surface area (Å²) in [6.07, 6.45) is 12.0. The number of allylic oxidation sites excluding steroid dienone is 1. The molecule has 0 aromatic carbocycles. The molecule has 5 heteroatoms. The molecule has 0 bridgehead atoms. The van der Waals surface area contributed by atoms with Gasteiger partial charge in [-0.05, 0) is 19.3 Å². The molecule has 0 saturated carbocycles. The van der Waals surface area contributed by atoms with E-state index in [4.69, 9.17) is 19.3 Å². The molecule has 5 nitrogen and oxygen atoms in total. The third-order valence-electron chi connectivity index (χ3n) is 3.17. The fraction of sp³-hybridized carbons (Fsp3) is 0.824. The van der Waals surface area contributed by atoms with E-state index in [1.165, 1.54) is 38.5 Å². The monoisotopic (exact) mass is 316 g/mol. The van der Waals surface area contributed by atoms with Crippen molar-refractivity contribution in [1.29, 1.82) is 0 Å². The van der Waals surface area contributed by atoms with Gasteiger partial charge in [-0.1, -0.05) is 38.2 Å². The van der Waals surface area contributed by atoms with Crippen LogP contribution in [0.3, 0.4) is 0 Å². The molecule has 0 fully saturated rings. The average molecular weight is 316 g/mol. The van der Waals surface area contributed by atoms with Crippen molar-refractivity contribution in [3.8, 4) is 0 Å². The van der Waals surface area contributed by atoms with E-state index in [1.807, 2.05) is 6.08 Å². The van der Waals surface area contributed by atoms with Crippen LogP contribution in [0.4, 0.5) is 0 Å². The maximum Gasteiger partial charge on any atom is 0.329 e. The van der Waals surface area contributed by atoms with Gasteiger partial charge in [0.2, 0.25) is 0 Å². The van der Waals surface area contributed by atoms with Crippen LogP contribution in [0.25, 0.3) is 0 Å². The Morgan fingerprint density at radius 3 is 1.86 bits per heavy atom. The van der Waals surface area contributed by atoms with Gasteiger partial charge in [0.15, 0.2) is 0 Å². The molecule has 0 radical (unpaired) electrons. The van der Waals surface area contributed by atoms with Crippen molar-refractivity contribution >= 4 is 5.97 Å². The Bertz CT molecular complexity index is 255. The molecule has 0 aromatic rings. The molecule has 22 heavy (non-hydrogen) atoms. The molecule has 0 heterocycles. The minimum absolute atomic E-state index is 0.270. The van der Waals surface area contributed by atoms with Crippen LogP contribution in [0.5, 0.6) is 0 Å². The Balaban J connectivity index is 2.97. The summed E-state index contributed by atoms with van der Waals surface area (Å²) < 4.78 is 15.6. The summed E-state index contributed by atoms with van der Waals surface area (Å²) in [4.78, 5) is 10.2. The van der Waals surface area contributed by atoms with Gasteiger partial charge in [-0.2, -0.15) is 0 Å². The summed E-state index contributed by atoms with van der Waals surface area (Å²) in [7, 11) is 0. The zero-order valence-electron chi connectivity index (χ0n) is 13.8. The lowest BCUT2D eigenvalue weighted by Gasteiger charge is -2.06. The third kappa shape index (κ3) is 19.1. The summed E-state index contributed by atoms with van der Waals surface area (Å²) in [6, 6.07) is 0. The van der Waals surface area contributed by atoms with E-state index in [1.54, 1.807) is 0 Å². The van der Waals surface area contributed by atoms with Crippen molar-refractivity contribution in [3.05, 3.63) is 12.7 Å². The normalized spacial score (nSPS) is 10.7. The van der Waals surface area contributed by atoms with Crippen molar-refractivity contribution < 1.29 is 24.1 Å². The number of carboxylic acids is 1. The number of carbonyl (C=O) groups is 1. The SMILES string of the molecule is C=CCCCCCCCCCOCCOCCOCC(=O)O. The Hall–Kier alpha value is -0.910. The van der Waals surface area contributed by atoms with Gasteiger partial charge >= 0.3 is 5.97 Å². The second-order valence-corrected chi connectivity index (χ2v) is 5.22. The molecule has 0 rings (SSSR count). The average Bonchev–Trinajstić information content (AvgIpc) is 2.50. The quantitative estimate of drug-likeness (QED) is 0.310. The summed E-state index contributed by atoms with van der Waals surface area (Å²) >= 11 is 0. The predicted molar refractivity (Wildman–Crippen MR) is 87.2 cm³/mol. The molecule has 0 aliphatic heterocycles. The van der Waals surface area contributed by atoms with Crippen LogP contribution in [0, 0.1) is 0 Å². The highest BCUT2D eigenvalue weighted by atomic mass is 16.5. The topological polar surface area (TPSA) is 65.0 Å². The van der Waals surface area contributed by atoms with E-state index in [-0.39, 0.29) is 6.61 Å². The van der Waals surface area contributed by atoms with Crippen molar-refractivity contribution in [1.82, 2.24) is 0 Å².